The molecule has 0 aliphatic rings. The van der Waals surface area contributed by atoms with Crippen LogP contribution in [-0.4, -0.2) is 0 Å². The van der Waals surface area contributed by atoms with E-state index in [0.717, 1.165) is 5.56 Å². The van der Waals surface area contributed by atoms with Gasteiger partial charge in [-0.2, -0.15) is 0 Å². The second-order valence-corrected chi connectivity index (χ2v) is 2.85. The molecular weight excluding hydrogens is 179 g/mol. The molecule has 1 aromatic carbocycles. The van der Waals surface area contributed by atoms with Crippen molar-refractivity contribution in [2.45, 2.75) is 0 Å². The van der Waals surface area contributed by atoms with Crippen LogP contribution in [0.5, 0.6) is 0 Å². The molecule has 0 aliphatic heterocycles. The molecule has 1 radical (unpaired) electrons. The zero-order valence-corrected chi connectivity index (χ0v) is 7.36. The highest BCUT2D eigenvalue weighted by Crippen LogP contribution is 2.25. The Morgan fingerprint density at radius 1 is 1.18 bits per heavy atom. The van der Waals surface area contributed by atoms with Crippen LogP contribution in [0.3, 0.4) is 0 Å². The first-order valence-electron chi connectivity index (χ1n) is 3.15. The summed E-state index contributed by atoms with van der Waals surface area (Å²) in [6, 6.07) is 5.40. The highest BCUT2D eigenvalue weighted by Gasteiger charge is 1.99. The molecule has 11 heavy (non-hydrogen) atoms. The Hall–Kier alpha value is -0.460. The zero-order valence-electron chi connectivity index (χ0n) is 5.85. The smallest absolute Gasteiger partial charge is 0.0493 e. The highest BCUT2D eigenvalue weighted by atomic mass is 35.5. The minimum Gasteiger partial charge on any atom is -0.0836 e. The summed E-state index contributed by atoms with van der Waals surface area (Å²) in [4.78, 5) is 0. The van der Waals surface area contributed by atoms with Gasteiger partial charge in [0, 0.05) is 15.6 Å². The van der Waals surface area contributed by atoms with Gasteiger partial charge in [-0.3, -0.25) is 0 Å². The minimum atomic E-state index is 0.650. The van der Waals surface area contributed by atoms with Gasteiger partial charge in [0.25, 0.3) is 0 Å². The number of benzene rings is 1. The molecule has 0 nitrogen and oxygen atoms in total. The molecule has 0 amide bonds. The first kappa shape index (κ1) is 8.63. The van der Waals surface area contributed by atoms with Gasteiger partial charge in [-0.15, -0.1) is 0 Å². The van der Waals surface area contributed by atoms with Crippen molar-refractivity contribution >= 4 is 29.3 Å². The molecule has 0 spiro atoms. The molecule has 0 saturated heterocycles. The Balaban J connectivity index is 3.20. The van der Waals surface area contributed by atoms with Crippen molar-refractivity contribution in [2.75, 3.05) is 0 Å². The third kappa shape index (κ3) is 1.98. The van der Waals surface area contributed by atoms with Crippen LogP contribution < -0.4 is 0 Å². The van der Waals surface area contributed by atoms with Crippen LogP contribution in [0.15, 0.2) is 24.3 Å². The van der Waals surface area contributed by atoms with Crippen molar-refractivity contribution < 1.29 is 0 Å². The Kier molecular flexibility index (Phi) is 2.98. The van der Waals surface area contributed by atoms with Gasteiger partial charge >= 0.3 is 0 Å². The molecule has 0 atom stereocenters. The number of allylic oxidation sites excluding steroid dienone is 1. The molecule has 0 N–H and O–H groups in total. The number of rotatable bonds is 1. The molecular formula is C9H7Cl2. The number of hydrogen-bond acceptors (Lipinski definition) is 0. The van der Waals surface area contributed by atoms with Crippen molar-refractivity contribution in [3.63, 3.8) is 0 Å². The molecule has 0 bridgehead atoms. The summed E-state index contributed by atoms with van der Waals surface area (Å²) in [6.45, 7) is 3.57. The summed E-state index contributed by atoms with van der Waals surface area (Å²) in [5.41, 5.74) is 0.825. The van der Waals surface area contributed by atoms with E-state index in [-0.39, 0.29) is 0 Å². The van der Waals surface area contributed by atoms with Gasteiger partial charge in [0.15, 0.2) is 0 Å². The van der Waals surface area contributed by atoms with Crippen molar-refractivity contribution in [3.8, 4) is 0 Å². The Labute approximate surface area is 76.4 Å². The molecule has 0 fully saturated rings. The second kappa shape index (κ2) is 3.80. The zero-order chi connectivity index (χ0) is 8.27. The summed E-state index contributed by atoms with van der Waals surface area (Å²) in [5.74, 6) is 0. The summed E-state index contributed by atoms with van der Waals surface area (Å²) in [5, 5.41) is 1.30. The van der Waals surface area contributed by atoms with Crippen LogP contribution >= 0.6 is 23.2 Å². The van der Waals surface area contributed by atoms with Crippen LogP contribution in [0, 0.1) is 6.92 Å². The van der Waals surface area contributed by atoms with Gasteiger partial charge in [0.1, 0.15) is 0 Å². The molecule has 0 aromatic heterocycles. The fourth-order valence-corrected chi connectivity index (χ4v) is 1.31. The van der Waals surface area contributed by atoms with E-state index in [9.17, 15) is 0 Å². The standard InChI is InChI=1S/C9H7Cl2/c1-2-4-7-8(10)5-3-6-9(7)11/h2-6H,1H2. The molecule has 0 unspecified atom stereocenters. The van der Waals surface area contributed by atoms with Gasteiger partial charge in [0.2, 0.25) is 0 Å². The van der Waals surface area contributed by atoms with Gasteiger partial charge in [-0.05, 0) is 19.1 Å². The SMILES string of the molecule is [CH2]C=Cc1c(Cl)cccc1Cl. The topological polar surface area (TPSA) is 0 Å². The van der Waals surface area contributed by atoms with E-state index in [4.69, 9.17) is 23.2 Å². The molecule has 57 valence electrons. The molecule has 0 aliphatic carbocycles. The maximum absolute atomic E-state index is 5.84. The minimum absolute atomic E-state index is 0.650. The van der Waals surface area contributed by atoms with E-state index in [1.165, 1.54) is 0 Å². The fraction of sp³-hybridized carbons (Fsp3) is 0. The maximum atomic E-state index is 5.84. The van der Waals surface area contributed by atoms with Gasteiger partial charge in [-0.25, -0.2) is 0 Å². The lowest BCUT2D eigenvalue weighted by atomic mass is 10.2. The summed E-state index contributed by atoms with van der Waals surface area (Å²) in [7, 11) is 0. The van der Waals surface area contributed by atoms with E-state index in [0.29, 0.717) is 10.0 Å². The van der Waals surface area contributed by atoms with Gasteiger partial charge < -0.3 is 0 Å². The van der Waals surface area contributed by atoms with E-state index in [1.54, 1.807) is 24.3 Å². The fourth-order valence-electron chi connectivity index (χ4n) is 0.788. The van der Waals surface area contributed by atoms with E-state index in [1.807, 2.05) is 6.07 Å². The van der Waals surface area contributed by atoms with Crippen LogP contribution in [0.2, 0.25) is 10.0 Å². The third-order valence-corrected chi connectivity index (χ3v) is 1.94. The van der Waals surface area contributed by atoms with E-state index < -0.39 is 0 Å². The lowest BCUT2D eigenvalue weighted by molar-refractivity contribution is 1.65. The first-order valence-corrected chi connectivity index (χ1v) is 3.91. The van der Waals surface area contributed by atoms with Crippen molar-refractivity contribution in [3.05, 3.63) is 46.8 Å². The summed E-state index contributed by atoms with van der Waals surface area (Å²) >= 11 is 11.7. The molecule has 1 aromatic rings. The Morgan fingerprint density at radius 3 is 2.18 bits per heavy atom. The monoisotopic (exact) mass is 185 g/mol. The first-order chi connectivity index (χ1) is 5.25. The lowest BCUT2D eigenvalue weighted by Crippen LogP contribution is -1.75. The number of halogens is 2. The largest absolute Gasteiger partial charge is 0.0836 e. The molecule has 0 saturated carbocycles. The van der Waals surface area contributed by atoms with Gasteiger partial charge in [-0.1, -0.05) is 41.4 Å². The second-order valence-electron chi connectivity index (χ2n) is 2.04. The predicted molar refractivity (Wildman–Crippen MR) is 50.9 cm³/mol. The van der Waals surface area contributed by atoms with Crippen LogP contribution in [-0.2, 0) is 0 Å². The van der Waals surface area contributed by atoms with E-state index in [2.05, 4.69) is 6.92 Å². The van der Waals surface area contributed by atoms with Crippen LogP contribution in [0.1, 0.15) is 5.56 Å². The third-order valence-electron chi connectivity index (χ3n) is 1.28. The van der Waals surface area contributed by atoms with E-state index >= 15 is 0 Å². The Morgan fingerprint density at radius 2 is 1.73 bits per heavy atom. The van der Waals surface area contributed by atoms with Crippen LogP contribution in [0.25, 0.3) is 6.08 Å². The predicted octanol–water partition coefficient (Wildman–Crippen LogP) is 3.84. The summed E-state index contributed by atoms with van der Waals surface area (Å²) < 4.78 is 0. The van der Waals surface area contributed by atoms with Crippen molar-refractivity contribution in [1.29, 1.82) is 0 Å². The lowest BCUT2D eigenvalue weighted by Gasteiger charge is -1.99. The van der Waals surface area contributed by atoms with Crippen LogP contribution in [0.4, 0.5) is 0 Å². The average molecular weight is 186 g/mol. The normalized spacial score (nSPS) is 10.8. The number of hydrogen-bond donors (Lipinski definition) is 0. The Bertz CT molecular complexity index is 257. The maximum Gasteiger partial charge on any atom is 0.0493 e. The molecule has 0 heterocycles. The van der Waals surface area contributed by atoms with Crippen molar-refractivity contribution in [1.82, 2.24) is 0 Å². The highest BCUT2D eigenvalue weighted by molar-refractivity contribution is 6.37. The molecule has 2 heteroatoms. The molecule has 1 rings (SSSR count). The summed E-state index contributed by atoms with van der Waals surface area (Å²) in [6.07, 6.45) is 3.44. The van der Waals surface area contributed by atoms with Crippen molar-refractivity contribution in [2.24, 2.45) is 0 Å². The quantitative estimate of drug-likeness (QED) is 0.624. The average Bonchev–Trinajstić information content (AvgIpc) is 1.97. The van der Waals surface area contributed by atoms with Gasteiger partial charge in [0.05, 0.1) is 0 Å².